The zero-order valence-corrected chi connectivity index (χ0v) is 9.89. The van der Waals surface area contributed by atoms with Gasteiger partial charge in [-0.25, -0.2) is 0 Å². The molecule has 5 heteroatoms. The van der Waals surface area contributed by atoms with Crippen LogP contribution in [0.5, 0.6) is 0 Å². The van der Waals surface area contributed by atoms with Gasteiger partial charge in [0.2, 0.25) is 5.91 Å². The average Bonchev–Trinajstić information content (AvgIpc) is 2.61. The summed E-state index contributed by atoms with van der Waals surface area (Å²) in [6.45, 7) is 7.38. The van der Waals surface area contributed by atoms with Crippen molar-refractivity contribution in [3.63, 3.8) is 0 Å². The molecule has 0 aromatic heterocycles. The van der Waals surface area contributed by atoms with Crippen LogP contribution < -0.4 is 5.73 Å². The van der Waals surface area contributed by atoms with Crippen molar-refractivity contribution < 1.29 is 9.53 Å². The standard InChI is InChI=1S/C11H21N3O2/c1-2-13-5-6-16-9(7-13)8-14-4-3-10(12)11(14)15/h9-10H,2-8,12H2,1H3. The zero-order valence-electron chi connectivity index (χ0n) is 9.89. The quantitative estimate of drug-likeness (QED) is 0.690. The third-order valence-corrected chi connectivity index (χ3v) is 3.43. The molecule has 2 rings (SSSR count). The van der Waals surface area contributed by atoms with Crippen LogP contribution in [0.15, 0.2) is 0 Å². The van der Waals surface area contributed by atoms with E-state index in [0.717, 1.165) is 39.2 Å². The molecule has 0 aliphatic carbocycles. The number of likely N-dealkylation sites (N-methyl/N-ethyl adjacent to an activating group) is 1. The van der Waals surface area contributed by atoms with Gasteiger partial charge in [0.25, 0.3) is 0 Å². The fourth-order valence-electron chi connectivity index (χ4n) is 2.37. The van der Waals surface area contributed by atoms with Crippen molar-refractivity contribution in [1.29, 1.82) is 0 Å². The number of carbonyl (C=O) groups is 1. The van der Waals surface area contributed by atoms with Gasteiger partial charge in [-0.1, -0.05) is 6.92 Å². The number of carbonyl (C=O) groups excluding carboxylic acids is 1. The molecule has 2 saturated heterocycles. The van der Waals surface area contributed by atoms with Crippen LogP contribution in [0.2, 0.25) is 0 Å². The van der Waals surface area contributed by atoms with Crippen LogP contribution in [0.3, 0.4) is 0 Å². The van der Waals surface area contributed by atoms with E-state index in [4.69, 9.17) is 10.5 Å². The summed E-state index contributed by atoms with van der Waals surface area (Å²) in [5.41, 5.74) is 5.68. The number of amides is 1. The second-order valence-corrected chi connectivity index (χ2v) is 4.57. The molecule has 2 N–H and O–H groups in total. The Bertz CT molecular complexity index is 260. The van der Waals surface area contributed by atoms with Gasteiger partial charge in [0.05, 0.1) is 18.8 Å². The predicted octanol–water partition coefficient (Wildman–Crippen LogP) is -0.733. The highest BCUT2D eigenvalue weighted by Gasteiger charge is 2.31. The van der Waals surface area contributed by atoms with Crippen LogP contribution in [0, 0.1) is 0 Å². The first-order valence-electron chi connectivity index (χ1n) is 6.09. The number of ether oxygens (including phenoxy) is 1. The topological polar surface area (TPSA) is 58.8 Å². The summed E-state index contributed by atoms with van der Waals surface area (Å²) < 4.78 is 5.68. The van der Waals surface area contributed by atoms with E-state index in [1.165, 1.54) is 0 Å². The lowest BCUT2D eigenvalue weighted by atomic mass is 10.2. The summed E-state index contributed by atoms with van der Waals surface area (Å²) >= 11 is 0. The fourth-order valence-corrected chi connectivity index (χ4v) is 2.37. The Morgan fingerprint density at radius 1 is 1.50 bits per heavy atom. The molecule has 0 spiro atoms. The monoisotopic (exact) mass is 227 g/mol. The summed E-state index contributed by atoms with van der Waals surface area (Å²) in [5, 5.41) is 0. The van der Waals surface area contributed by atoms with Gasteiger partial charge in [0, 0.05) is 26.2 Å². The number of hydrogen-bond donors (Lipinski definition) is 1. The molecule has 16 heavy (non-hydrogen) atoms. The molecule has 0 aromatic carbocycles. The van der Waals surface area contributed by atoms with Gasteiger partial charge in [-0.15, -0.1) is 0 Å². The molecule has 0 saturated carbocycles. The Hall–Kier alpha value is -0.650. The van der Waals surface area contributed by atoms with Gasteiger partial charge >= 0.3 is 0 Å². The van der Waals surface area contributed by atoms with Crippen molar-refractivity contribution in [2.45, 2.75) is 25.5 Å². The molecule has 0 bridgehead atoms. The molecule has 2 unspecified atom stereocenters. The Labute approximate surface area is 96.5 Å². The molecule has 2 heterocycles. The minimum Gasteiger partial charge on any atom is -0.374 e. The first-order valence-corrected chi connectivity index (χ1v) is 6.09. The summed E-state index contributed by atoms with van der Waals surface area (Å²) in [6, 6.07) is -0.286. The summed E-state index contributed by atoms with van der Waals surface area (Å²) in [6.07, 6.45) is 0.936. The van der Waals surface area contributed by atoms with E-state index in [9.17, 15) is 4.79 Å². The Kier molecular flexibility index (Phi) is 3.78. The van der Waals surface area contributed by atoms with E-state index in [1.807, 2.05) is 4.90 Å². The fraction of sp³-hybridized carbons (Fsp3) is 0.909. The minimum atomic E-state index is -0.286. The first kappa shape index (κ1) is 11.8. The lowest BCUT2D eigenvalue weighted by Gasteiger charge is -2.34. The van der Waals surface area contributed by atoms with Gasteiger partial charge in [0.1, 0.15) is 0 Å². The number of likely N-dealkylation sites (tertiary alicyclic amines) is 1. The van der Waals surface area contributed by atoms with Crippen molar-refractivity contribution >= 4 is 5.91 Å². The number of morpholine rings is 1. The maximum atomic E-state index is 11.7. The van der Waals surface area contributed by atoms with Crippen LogP contribution in [0.25, 0.3) is 0 Å². The maximum absolute atomic E-state index is 11.7. The van der Waals surface area contributed by atoms with E-state index in [0.29, 0.717) is 6.54 Å². The average molecular weight is 227 g/mol. The predicted molar refractivity (Wildman–Crippen MR) is 61.0 cm³/mol. The highest BCUT2D eigenvalue weighted by molar-refractivity contribution is 5.83. The summed E-state index contributed by atoms with van der Waals surface area (Å²) in [7, 11) is 0. The van der Waals surface area contributed by atoms with Crippen molar-refractivity contribution in [3.05, 3.63) is 0 Å². The SMILES string of the molecule is CCN1CCOC(CN2CCC(N)C2=O)C1. The van der Waals surface area contributed by atoms with Crippen molar-refractivity contribution in [2.75, 3.05) is 39.3 Å². The van der Waals surface area contributed by atoms with Gasteiger partial charge in [-0.3, -0.25) is 9.69 Å². The smallest absolute Gasteiger partial charge is 0.239 e. The van der Waals surface area contributed by atoms with E-state index < -0.39 is 0 Å². The van der Waals surface area contributed by atoms with Crippen LogP contribution in [0.1, 0.15) is 13.3 Å². The third kappa shape index (κ3) is 2.53. The zero-order chi connectivity index (χ0) is 11.5. The molecule has 5 nitrogen and oxygen atoms in total. The number of rotatable bonds is 3. The van der Waals surface area contributed by atoms with E-state index >= 15 is 0 Å². The molecule has 2 atom stereocenters. The molecule has 0 radical (unpaired) electrons. The Balaban J connectivity index is 1.83. The maximum Gasteiger partial charge on any atom is 0.239 e. The normalized spacial score (nSPS) is 32.4. The molecular weight excluding hydrogens is 206 g/mol. The molecule has 2 aliphatic rings. The van der Waals surface area contributed by atoms with E-state index in [-0.39, 0.29) is 18.1 Å². The lowest BCUT2D eigenvalue weighted by molar-refractivity contribution is -0.131. The van der Waals surface area contributed by atoms with Crippen LogP contribution in [-0.4, -0.2) is 67.2 Å². The Morgan fingerprint density at radius 3 is 2.94 bits per heavy atom. The van der Waals surface area contributed by atoms with Crippen LogP contribution >= 0.6 is 0 Å². The van der Waals surface area contributed by atoms with Gasteiger partial charge < -0.3 is 15.4 Å². The summed E-state index contributed by atoms with van der Waals surface area (Å²) in [5.74, 6) is 0.0808. The molecule has 1 amide bonds. The van der Waals surface area contributed by atoms with Gasteiger partial charge in [-0.05, 0) is 13.0 Å². The van der Waals surface area contributed by atoms with E-state index in [1.54, 1.807) is 0 Å². The highest BCUT2D eigenvalue weighted by atomic mass is 16.5. The Morgan fingerprint density at radius 2 is 2.31 bits per heavy atom. The van der Waals surface area contributed by atoms with Gasteiger partial charge in [0.15, 0.2) is 0 Å². The third-order valence-electron chi connectivity index (χ3n) is 3.43. The van der Waals surface area contributed by atoms with Crippen LogP contribution in [-0.2, 0) is 9.53 Å². The largest absolute Gasteiger partial charge is 0.374 e. The van der Waals surface area contributed by atoms with Crippen LogP contribution in [0.4, 0.5) is 0 Å². The molecule has 2 fully saturated rings. The first-order chi connectivity index (χ1) is 7.70. The second-order valence-electron chi connectivity index (χ2n) is 4.57. The van der Waals surface area contributed by atoms with E-state index in [2.05, 4.69) is 11.8 Å². The molecular formula is C11H21N3O2. The molecule has 0 aromatic rings. The minimum absolute atomic E-state index is 0.0808. The summed E-state index contributed by atoms with van der Waals surface area (Å²) in [4.78, 5) is 15.9. The van der Waals surface area contributed by atoms with Crippen molar-refractivity contribution in [2.24, 2.45) is 5.73 Å². The highest BCUT2D eigenvalue weighted by Crippen LogP contribution is 2.13. The van der Waals surface area contributed by atoms with Crippen molar-refractivity contribution in [3.8, 4) is 0 Å². The second kappa shape index (κ2) is 5.12. The molecule has 2 aliphatic heterocycles. The number of nitrogens with two attached hydrogens (primary N) is 1. The molecule has 92 valence electrons. The lowest BCUT2D eigenvalue weighted by Crippen LogP contribution is -2.48. The number of nitrogens with zero attached hydrogens (tertiary/aromatic N) is 2. The number of hydrogen-bond acceptors (Lipinski definition) is 4. The van der Waals surface area contributed by atoms with Gasteiger partial charge in [-0.2, -0.15) is 0 Å². The van der Waals surface area contributed by atoms with Crippen molar-refractivity contribution in [1.82, 2.24) is 9.80 Å².